The fourth-order valence-electron chi connectivity index (χ4n) is 3.04. The lowest BCUT2D eigenvalue weighted by Gasteiger charge is -2.34. The molecule has 0 radical (unpaired) electrons. The number of aliphatic imine (C=N–C) groups is 1. The lowest BCUT2D eigenvalue weighted by atomic mass is 10.0. The summed E-state index contributed by atoms with van der Waals surface area (Å²) in [6.07, 6.45) is 0. The molecule has 1 aromatic rings. The Labute approximate surface area is 157 Å². The second-order valence-electron chi connectivity index (χ2n) is 7.08. The van der Waals surface area contributed by atoms with Gasteiger partial charge in [-0.05, 0) is 39.4 Å². The Bertz CT molecular complexity index is 562. The Kier molecular flexibility index (Phi) is 7.93. The van der Waals surface area contributed by atoms with Crippen LogP contribution >= 0.6 is 0 Å². The fraction of sp³-hybridized carbons (Fsp3) is 0.737. The van der Waals surface area contributed by atoms with Crippen LogP contribution in [0, 0.1) is 6.92 Å². The van der Waals surface area contributed by atoms with Gasteiger partial charge in [0.25, 0.3) is 0 Å². The molecular weight excluding hydrogens is 330 g/mol. The minimum absolute atomic E-state index is 0.241. The van der Waals surface area contributed by atoms with E-state index >= 15 is 0 Å². The fourth-order valence-corrected chi connectivity index (χ4v) is 3.04. The van der Waals surface area contributed by atoms with E-state index < -0.39 is 5.60 Å². The molecular formula is C19H35N5O2. The molecule has 1 aromatic heterocycles. The normalized spacial score (nSPS) is 19.3. The Morgan fingerprint density at radius 1 is 1.19 bits per heavy atom. The average Bonchev–Trinajstić information content (AvgIpc) is 3.08. The van der Waals surface area contributed by atoms with Crippen LogP contribution in [0.1, 0.15) is 32.3 Å². The van der Waals surface area contributed by atoms with E-state index in [-0.39, 0.29) is 6.54 Å². The molecule has 3 N–H and O–H groups in total. The summed E-state index contributed by atoms with van der Waals surface area (Å²) in [6, 6.07) is 3.66. The predicted octanol–water partition coefficient (Wildman–Crippen LogP) is 0.988. The molecule has 0 saturated carbocycles. The van der Waals surface area contributed by atoms with Crippen molar-refractivity contribution >= 4 is 5.96 Å². The van der Waals surface area contributed by atoms with E-state index in [1.807, 2.05) is 19.9 Å². The van der Waals surface area contributed by atoms with Gasteiger partial charge in [-0.3, -0.25) is 4.90 Å². The number of nitrogens with zero attached hydrogens (tertiary/aromatic N) is 3. The monoisotopic (exact) mass is 365 g/mol. The first-order chi connectivity index (χ1) is 12.4. The number of likely N-dealkylation sites (N-methyl/N-ethyl adjacent to an activating group) is 1. The number of hydrogen-bond donors (Lipinski definition) is 3. The molecule has 1 saturated heterocycles. The smallest absolute Gasteiger partial charge is 0.191 e. The van der Waals surface area contributed by atoms with Crippen molar-refractivity contribution in [2.45, 2.75) is 33.3 Å². The van der Waals surface area contributed by atoms with Crippen LogP contribution in [0.2, 0.25) is 0 Å². The van der Waals surface area contributed by atoms with Gasteiger partial charge in [-0.1, -0.05) is 6.92 Å². The molecule has 7 nitrogen and oxygen atoms in total. The van der Waals surface area contributed by atoms with Gasteiger partial charge in [-0.25, -0.2) is 4.99 Å². The third kappa shape index (κ3) is 6.30. The van der Waals surface area contributed by atoms with E-state index in [0.29, 0.717) is 5.76 Å². The Morgan fingerprint density at radius 3 is 2.46 bits per heavy atom. The molecule has 1 aliphatic heterocycles. The van der Waals surface area contributed by atoms with Gasteiger partial charge < -0.3 is 25.1 Å². The van der Waals surface area contributed by atoms with Crippen molar-refractivity contribution in [3.63, 3.8) is 0 Å². The molecule has 2 rings (SSSR count). The molecule has 0 amide bonds. The summed E-state index contributed by atoms with van der Waals surface area (Å²) >= 11 is 0. The molecule has 1 atom stereocenters. The minimum atomic E-state index is -1.12. The van der Waals surface area contributed by atoms with E-state index in [4.69, 9.17) is 4.42 Å². The highest BCUT2D eigenvalue weighted by atomic mass is 16.4. The van der Waals surface area contributed by atoms with Gasteiger partial charge in [0, 0.05) is 45.8 Å². The van der Waals surface area contributed by atoms with E-state index in [1.54, 1.807) is 13.0 Å². The summed E-state index contributed by atoms with van der Waals surface area (Å²) in [5, 5.41) is 17.2. The zero-order valence-corrected chi connectivity index (χ0v) is 16.7. The van der Waals surface area contributed by atoms with E-state index in [1.165, 1.54) is 0 Å². The quantitative estimate of drug-likeness (QED) is 0.471. The first kappa shape index (κ1) is 20.7. The molecule has 1 unspecified atom stereocenters. The van der Waals surface area contributed by atoms with Crippen molar-refractivity contribution in [2.75, 3.05) is 58.9 Å². The highest BCUT2D eigenvalue weighted by Crippen LogP contribution is 2.22. The second-order valence-corrected chi connectivity index (χ2v) is 7.08. The lowest BCUT2D eigenvalue weighted by Crippen LogP contribution is -2.49. The van der Waals surface area contributed by atoms with Crippen LogP contribution in [0.25, 0.3) is 0 Å². The summed E-state index contributed by atoms with van der Waals surface area (Å²) in [5.41, 5.74) is -1.12. The van der Waals surface area contributed by atoms with Crippen LogP contribution in [0.3, 0.4) is 0 Å². The highest BCUT2D eigenvalue weighted by molar-refractivity contribution is 5.79. The van der Waals surface area contributed by atoms with Gasteiger partial charge in [0.05, 0.1) is 6.54 Å². The standard InChI is InChI=1S/C19H35N5O2/c1-5-20-18(21-9-10-24-13-11-23(6-2)12-14-24)22-15-19(4,25)17-8-7-16(3)26-17/h7-8,25H,5-6,9-15H2,1-4H3,(H2,20,21,22). The maximum Gasteiger partial charge on any atom is 0.191 e. The van der Waals surface area contributed by atoms with Crippen molar-refractivity contribution in [2.24, 2.45) is 4.99 Å². The maximum atomic E-state index is 10.6. The lowest BCUT2D eigenvalue weighted by molar-refractivity contribution is 0.0428. The summed E-state index contributed by atoms with van der Waals surface area (Å²) < 4.78 is 5.55. The van der Waals surface area contributed by atoms with Crippen molar-refractivity contribution in [3.8, 4) is 0 Å². The van der Waals surface area contributed by atoms with Crippen LogP contribution in [0.4, 0.5) is 0 Å². The molecule has 148 valence electrons. The highest BCUT2D eigenvalue weighted by Gasteiger charge is 2.26. The molecule has 0 bridgehead atoms. The third-order valence-corrected chi connectivity index (χ3v) is 4.79. The SMILES string of the molecule is CCNC(=NCC(C)(O)c1ccc(C)o1)NCCN1CCN(CC)CC1. The number of nitrogens with one attached hydrogen (secondary N) is 2. The van der Waals surface area contributed by atoms with Gasteiger partial charge in [0.1, 0.15) is 17.1 Å². The molecule has 7 heteroatoms. The van der Waals surface area contributed by atoms with E-state index in [2.05, 4.69) is 32.3 Å². The number of piperazine rings is 1. The minimum Gasteiger partial charge on any atom is -0.463 e. The Morgan fingerprint density at radius 2 is 1.88 bits per heavy atom. The third-order valence-electron chi connectivity index (χ3n) is 4.79. The molecule has 1 fully saturated rings. The topological polar surface area (TPSA) is 76.3 Å². The molecule has 0 aliphatic carbocycles. The number of aliphatic hydroxyl groups is 1. The largest absolute Gasteiger partial charge is 0.463 e. The van der Waals surface area contributed by atoms with Gasteiger partial charge in [-0.15, -0.1) is 0 Å². The van der Waals surface area contributed by atoms with Crippen LogP contribution in [-0.2, 0) is 5.60 Å². The number of furan rings is 1. The molecule has 0 aromatic carbocycles. The second kappa shape index (κ2) is 9.94. The molecule has 0 spiro atoms. The number of aryl methyl sites for hydroxylation is 1. The molecule has 1 aliphatic rings. The van der Waals surface area contributed by atoms with Crippen LogP contribution in [0.5, 0.6) is 0 Å². The number of rotatable bonds is 8. The van der Waals surface area contributed by atoms with Gasteiger partial charge in [0.2, 0.25) is 0 Å². The Balaban J connectivity index is 1.81. The summed E-state index contributed by atoms with van der Waals surface area (Å²) in [7, 11) is 0. The molecule has 26 heavy (non-hydrogen) atoms. The Hall–Kier alpha value is -1.57. The maximum absolute atomic E-state index is 10.6. The van der Waals surface area contributed by atoms with Crippen LogP contribution in [-0.4, -0.2) is 79.8 Å². The summed E-state index contributed by atoms with van der Waals surface area (Å²) in [4.78, 5) is 9.49. The van der Waals surface area contributed by atoms with Gasteiger partial charge in [0.15, 0.2) is 5.96 Å². The first-order valence-electron chi connectivity index (χ1n) is 9.70. The van der Waals surface area contributed by atoms with Crippen molar-refractivity contribution in [1.82, 2.24) is 20.4 Å². The summed E-state index contributed by atoms with van der Waals surface area (Å²) in [6.45, 7) is 16.4. The van der Waals surface area contributed by atoms with Crippen molar-refractivity contribution in [1.29, 1.82) is 0 Å². The van der Waals surface area contributed by atoms with Crippen molar-refractivity contribution in [3.05, 3.63) is 23.7 Å². The van der Waals surface area contributed by atoms with Gasteiger partial charge >= 0.3 is 0 Å². The zero-order chi connectivity index (χ0) is 19.0. The van der Waals surface area contributed by atoms with E-state index in [0.717, 1.165) is 64.1 Å². The van der Waals surface area contributed by atoms with E-state index in [9.17, 15) is 5.11 Å². The van der Waals surface area contributed by atoms with Crippen LogP contribution in [0.15, 0.2) is 21.5 Å². The number of guanidine groups is 1. The first-order valence-corrected chi connectivity index (χ1v) is 9.70. The van der Waals surface area contributed by atoms with Crippen molar-refractivity contribution < 1.29 is 9.52 Å². The summed E-state index contributed by atoms with van der Waals surface area (Å²) in [5.74, 6) is 2.06. The predicted molar refractivity (Wildman–Crippen MR) is 106 cm³/mol. The average molecular weight is 366 g/mol. The molecule has 2 heterocycles. The van der Waals surface area contributed by atoms with Crippen LogP contribution < -0.4 is 10.6 Å². The number of hydrogen-bond acceptors (Lipinski definition) is 5. The van der Waals surface area contributed by atoms with Gasteiger partial charge in [-0.2, -0.15) is 0 Å². The zero-order valence-electron chi connectivity index (χ0n) is 16.7.